The smallest absolute Gasteiger partial charge is 0.416 e. The van der Waals surface area contributed by atoms with Gasteiger partial charge in [-0.2, -0.15) is 13.2 Å². The molecule has 1 saturated carbocycles. The zero-order valence-electron chi connectivity index (χ0n) is 17.1. The minimum Gasteiger partial charge on any atom is -0.416 e. The van der Waals surface area contributed by atoms with Crippen LogP contribution in [0.5, 0.6) is 0 Å². The van der Waals surface area contributed by atoms with Crippen LogP contribution in [0.1, 0.15) is 49.5 Å². The summed E-state index contributed by atoms with van der Waals surface area (Å²) in [6, 6.07) is 5.31. The molecule has 6 nitrogen and oxygen atoms in total. The van der Waals surface area contributed by atoms with Crippen LogP contribution in [0, 0.1) is 0 Å². The van der Waals surface area contributed by atoms with Crippen molar-refractivity contribution in [2.75, 3.05) is 36.8 Å². The number of rotatable bonds is 5. The molecule has 0 bridgehead atoms. The van der Waals surface area contributed by atoms with E-state index in [4.69, 9.17) is 4.42 Å². The maximum Gasteiger partial charge on any atom is 0.416 e. The molecule has 0 N–H and O–H groups in total. The number of carbonyl (C=O) groups is 1. The van der Waals surface area contributed by atoms with Crippen LogP contribution >= 0.6 is 11.8 Å². The van der Waals surface area contributed by atoms with Gasteiger partial charge in [0.2, 0.25) is 11.8 Å². The summed E-state index contributed by atoms with van der Waals surface area (Å²) in [6.45, 7) is 1.91. The molecule has 168 valence electrons. The molecule has 2 aliphatic rings. The highest BCUT2D eigenvalue weighted by molar-refractivity contribution is 7.99. The van der Waals surface area contributed by atoms with Crippen molar-refractivity contribution in [3.05, 3.63) is 35.7 Å². The molecule has 2 heterocycles. The number of halogens is 3. The van der Waals surface area contributed by atoms with E-state index in [9.17, 15) is 18.0 Å². The van der Waals surface area contributed by atoms with Crippen LogP contribution in [-0.4, -0.2) is 52.9 Å². The molecule has 10 heteroatoms. The van der Waals surface area contributed by atoms with Crippen LogP contribution in [0.2, 0.25) is 0 Å². The van der Waals surface area contributed by atoms with Gasteiger partial charge < -0.3 is 14.2 Å². The quantitative estimate of drug-likeness (QED) is 0.617. The lowest BCUT2D eigenvalue weighted by atomic mass is 9.89. The first kappa shape index (κ1) is 22.0. The Labute approximate surface area is 183 Å². The second kappa shape index (κ2) is 9.50. The fraction of sp³-hybridized carbons (Fsp3) is 0.571. The fourth-order valence-electron chi connectivity index (χ4n) is 4.10. The number of hydrogen-bond acceptors (Lipinski definition) is 6. The van der Waals surface area contributed by atoms with Crippen molar-refractivity contribution in [2.45, 2.75) is 49.4 Å². The average molecular weight is 455 g/mol. The molecule has 0 atom stereocenters. The summed E-state index contributed by atoms with van der Waals surface area (Å²) in [5.74, 6) is 1.17. The lowest BCUT2D eigenvalue weighted by Crippen LogP contribution is -2.49. The minimum atomic E-state index is -4.36. The van der Waals surface area contributed by atoms with Gasteiger partial charge in [-0.05, 0) is 31.0 Å². The van der Waals surface area contributed by atoms with E-state index < -0.39 is 11.7 Å². The predicted molar refractivity (Wildman–Crippen MR) is 111 cm³/mol. The maximum atomic E-state index is 12.9. The second-order valence-electron chi connectivity index (χ2n) is 7.95. The van der Waals surface area contributed by atoms with Gasteiger partial charge in [0.25, 0.3) is 5.22 Å². The van der Waals surface area contributed by atoms with Crippen molar-refractivity contribution in [1.82, 2.24) is 15.1 Å². The van der Waals surface area contributed by atoms with E-state index in [0.29, 0.717) is 48.9 Å². The molecule has 1 aromatic heterocycles. The van der Waals surface area contributed by atoms with Crippen molar-refractivity contribution < 1.29 is 22.4 Å². The molecule has 1 saturated heterocycles. The number of aromatic nitrogens is 2. The van der Waals surface area contributed by atoms with Crippen molar-refractivity contribution in [1.29, 1.82) is 0 Å². The molecule has 4 rings (SSSR count). The number of benzene rings is 1. The summed E-state index contributed by atoms with van der Waals surface area (Å²) >= 11 is 1.24. The van der Waals surface area contributed by atoms with E-state index in [1.54, 1.807) is 11.0 Å². The van der Waals surface area contributed by atoms with Gasteiger partial charge in [0.05, 0.1) is 11.3 Å². The SMILES string of the molecule is O=C(CSc1nnc(C2CCCCC2)o1)N1CCN(c2cccc(C(F)(F)F)c2)CC1. The Balaban J connectivity index is 1.26. The third-order valence-corrected chi connectivity index (χ3v) is 6.67. The Kier molecular flexibility index (Phi) is 6.74. The zero-order valence-corrected chi connectivity index (χ0v) is 17.9. The highest BCUT2D eigenvalue weighted by Crippen LogP contribution is 2.33. The van der Waals surface area contributed by atoms with Gasteiger partial charge in [0.1, 0.15) is 0 Å². The van der Waals surface area contributed by atoms with E-state index >= 15 is 0 Å². The third kappa shape index (κ3) is 5.53. The Hall–Kier alpha value is -2.23. The summed E-state index contributed by atoms with van der Waals surface area (Å²) < 4.78 is 44.6. The van der Waals surface area contributed by atoms with Crippen LogP contribution in [0.25, 0.3) is 0 Å². The number of carbonyl (C=O) groups excluding carboxylic acids is 1. The van der Waals surface area contributed by atoms with Gasteiger partial charge in [-0.15, -0.1) is 10.2 Å². The first-order valence-corrected chi connectivity index (χ1v) is 11.5. The molecule has 0 unspecified atom stereocenters. The summed E-state index contributed by atoms with van der Waals surface area (Å²) in [5, 5.41) is 8.63. The Morgan fingerprint density at radius 3 is 2.55 bits per heavy atom. The number of piperazine rings is 1. The molecule has 1 amide bonds. The number of amides is 1. The Morgan fingerprint density at radius 2 is 1.84 bits per heavy atom. The van der Waals surface area contributed by atoms with Crippen LogP contribution in [0.4, 0.5) is 18.9 Å². The molecule has 1 aromatic carbocycles. The van der Waals surface area contributed by atoms with E-state index in [1.165, 1.54) is 37.1 Å². The summed E-state index contributed by atoms with van der Waals surface area (Å²) in [5.41, 5.74) is -0.135. The minimum absolute atomic E-state index is 0.0360. The first-order chi connectivity index (χ1) is 14.9. The summed E-state index contributed by atoms with van der Waals surface area (Å²) in [6.07, 6.45) is 1.39. The molecular formula is C21H25F3N4O2S. The van der Waals surface area contributed by atoms with Crippen LogP contribution in [0.15, 0.2) is 33.9 Å². The maximum absolute atomic E-state index is 12.9. The van der Waals surface area contributed by atoms with Crippen molar-refractivity contribution in [3.63, 3.8) is 0 Å². The van der Waals surface area contributed by atoms with Gasteiger partial charge in [0.15, 0.2) is 0 Å². The van der Waals surface area contributed by atoms with Crippen LogP contribution in [-0.2, 0) is 11.0 Å². The van der Waals surface area contributed by atoms with Crippen LogP contribution < -0.4 is 4.90 Å². The van der Waals surface area contributed by atoms with Crippen molar-refractivity contribution in [3.8, 4) is 0 Å². The Bertz CT molecular complexity index is 891. The monoisotopic (exact) mass is 454 g/mol. The molecular weight excluding hydrogens is 429 g/mol. The molecule has 1 aliphatic carbocycles. The van der Waals surface area contributed by atoms with Crippen LogP contribution in [0.3, 0.4) is 0 Å². The number of hydrogen-bond donors (Lipinski definition) is 0. The molecule has 0 spiro atoms. The molecule has 1 aliphatic heterocycles. The second-order valence-corrected chi connectivity index (χ2v) is 8.87. The van der Waals surface area contributed by atoms with Gasteiger partial charge in [0, 0.05) is 37.8 Å². The van der Waals surface area contributed by atoms with Gasteiger partial charge in [-0.25, -0.2) is 0 Å². The van der Waals surface area contributed by atoms with Crippen molar-refractivity contribution >= 4 is 23.4 Å². The third-order valence-electron chi connectivity index (χ3n) is 5.87. The molecule has 0 radical (unpaired) electrons. The number of thioether (sulfide) groups is 1. The van der Waals surface area contributed by atoms with Gasteiger partial charge >= 0.3 is 6.18 Å². The van der Waals surface area contributed by atoms with Crippen molar-refractivity contribution in [2.24, 2.45) is 0 Å². The molecule has 2 aromatic rings. The topological polar surface area (TPSA) is 62.5 Å². The average Bonchev–Trinajstić information content (AvgIpc) is 3.27. The fourth-order valence-corrected chi connectivity index (χ4v) is 4.77. The predicted octanol–water partition coefficient (Wildman–Crippen LogP) is 4.58. The first-order valence-electron chi connectivity index (χ1n) is 10.6. The van der Waals surface area contributed by atoms with E-state index in [0.717, 1.165) is 25.0 Å². The number of alkyl halides is 3. The van der Waals surface area contributed by atoms with E-state index in [-0.39, 0.29) is 11.7 Å². The molecule has 2 fully saturated rings. The normalized spacial score (nSPS) is 18.4. The molecule has 31 heavy (non-hydrogen) atoms. The van der Waals surface area contributed by atoms with Gasteiger partial charge in [-0.3, -0.25) is 4.79 Å². The zero-order chi connectivity index (χ0) is 21.8. The standard InChI is InChI=1S/C21H25F3N4O2S/c22-21(23,24)16-7-4-8-17(13-16)27-9-11-28(12-10-27)18(29)14-31-20-26-25-19(30-20)15-5-2-1-3-6-15/h4,7-8,13,15H,1-3,5-6,9-12,14H2. The van der Waals surface area contributed by atoms with E-state index in [1.807, 2.05) is 4.90 Å². The highest BCUT2D eigenvalue weighted by atomic mass is 32.2. The lowest BCUT2D eigenvalue weighted by Gasteiger charge is -2.36. The summed E-state index contributed by atoms with van der Waals surface area (Å²) in [7, 11) is 0. The Morgan fingerprint density at radius 1 is 1.10 bits per heavy atom. The largest absolute Gasteiger partial charge is 0.416 e. The van der Waals surface area contributed by atoms with E-state index in [2.05, 4.69) is 10.2 Å². The highest BCUT2D eigenvalue weighted by Gasteiger charge is 2.31. The lowest BCUT2D eigenvalue weighted by molar-refractivity contribution is -0.137. The number of anilines is 1. The summed E-state index contributed by atoms with van der Waals surface area (Å²) in [4.78, 5) is 16.2. The number of nitrogens with zero attached hydrogens (tertiary/aromatic N) is 4. The van der Waals surface area contributed by atoms with Gasteiger partial charge in [-0.1, -0.05) is 37.1 Å².